The van der Waals surface area contributed by atoms with Crippen molar-refractivity contribution in [1.29, 1.82) is 0 Å². The second-order valence-corrected chi connectivity index (χ2v) is 4.97. The fourth-order valence-corrected chi connectivity index (χ4v) is 1.70. The van der Waals surface area contributed by atoms with E-state index >= 15 is 0 Å². The number of hydrogen-bond acceptors (Lipinski definition) is 6. The molecule has 0 aliphatic rings. The van der Waals surface area contributed by atoms with Gasteiger partial charge in [0.25, 0.3) is 0 Å². The Morgan fingerprint density at radius 3 is 1.09 bits per heavy atom. The van der Waals surface area contributed by atoms with E-state index < -0.39 is 0 Å². The quantitative estimate of drug-likeness (QED) is 0.318. The van der Waals surface area contributed by atoms with E-state index in [4.69, 9.17) is 28.4 Å². The van der Waals surface area contributed by atoms with Gasteiger partial charge in [-0.1, -0.05) is 19.8 Å². The van der Waals surface area contributed by atoms with Gasteiger partial charge in [0.1, 0.15) is 0 Å². The van der Waals surface area contributed by atoms with E-state index in [9.17, 15) is 0 Å². The first-order valence-electron chi connectivity index (χ1n) is 8.88. The Balaban J connectivity index is 2.92. The van der Waals surface area contributed by atoms with Crippen LogP contribution in [0.4, 0.5) is 0 Å². The molecule has 0 saturated heterocycles. The molecule has 0 heterocycles. The van der Waals surface area contributed by atoms with Crippen LogP contribution in [-0.2, 0) is 28.4 Å². The average molecular weight is 336 g/mol. The number of rotatable bonds is 20. The van der Waals surface area contributed by atoms with Gasteiger partial charge >= 0.3 is 0 Å². The minimum atomic E-state index is 0.579. The van der Waals surface area contributed by atoms with Crippen molar-refractivity contribution in [2.45, 2.75) is 33.1 Å². The first-order valence-corrected chi connectivity index (χ1v) is 8.88. The lowest BCUT2D eigenvalue weighted by atomic mass is 10.3. The number of ether oxygens (including phenoxy) is 6. The summed E-state index contributed by atoms with van der Waals surface area (Å²) < 4.78 is 32.1. The van der Waals surface area contributed by atoms with Crippen molar-refractivity contribution in [3.63, 3.8) is 0 Å². The Hall–Kier alpha value is -0.240. The largest absolute Gasteiger partial charge is 0.379 e. The first kappa shape index (κ1) is 22.8. The summed E-state index contributed by atoms with van der Waals surface area (Å²) in [7, 11) is 0. The maximum absolute atomic E-state index is 5.44. The van der Waals surface area contributed by atoms with Crippen molar-refractivity contribution >= 4 is 0 Å². The van der Waals surface area contributed by atoms with Gasteiger partial charge in [-0.25, -0.2) is 0 Å². The molecule has 23 heavy (non-hydrogen) atoms. The minimum Gasteiger partial charge on any atom is -0.379 e. The normalized spacial score (nSPS) is 11.2. The third-order valence-electron chi connectivity index (χ3n) is 2.96. The molecule has 0 aliphatic heterocycles. The van der Waals surface area contributed by atoms with E-state index in [0.717, 1.165) is 19.6 Å². The molecule has 0 amide bonds. The van der Waals surface area contributed by atoms with Gasteiger partial charge in [0.05, 0.1) is 66.1 Å². The van der Waals surface area contributed by atoms with Crippen LogP contribution >= 0.6 is 0 Å². The summed E-state index contributed by atoms with van der Waals surface area (Å²) in [5.74, 6) is 0. The molecule has 0 bridgehead atoms. The van der Waals surface area contributed by atoms with E-state index in [-0.39, 0.29) is 0 Å². The summed E-state index contributed by atoms with van der Waals surface area (Å²) in [6.45, 7) is 11.8. The lowest BCUT2D eigenvalue weighted by Gasteiger charge is -2.08. The van der Waals surface area contributed by atoms with E-state index in [2.05, 4.69) is 6.92 Å². The van der Waals surface area contributed by atoms with Crippen LogP contribution in [0.25, 0.3) is 0 Å². The predicted octanol–water partition coefficient (Wildman–Crippen LogP) is 2.30. The van der Waals surface area contributed by atoms with Crippen LogP contribution in [0, 0.1) is 0 Å². The van der Waals surface area contributed by atoms with Crippen molar-refractivity contribution < 1.29 is 28.4 Å². The van der Waals surface area contributed by atoms with E-state index in [0.29, 0.717) is 66.1 Å². The summed E-state index contributed by atoms with van der Waals surface area (Å²) in [6, 6.07) is 0. The lowest BCUT2D eigenvalue weighted by molar-refractivity contribution is -0.0163. The van der Waals surface area contributed by atoms with Gasteiger partial charge in [-0.15, -0.1) is 0 Å². The molecule has 0 aliphatic carbocycles. The van der Waals surface area contributed by atoms with Gasteiger partial charge in [-0.2, -0.15) is 0 Å². The Morgan fingerprint density at radius 2 is 0.739 bits per heavy atom. The zero-order chi connectivity index (χ0) is 16.8. The highest BCUT2D eigenvalue weighted by Gasteiger charge is 1.93. The van der Waals surface area contributed by atoms with Crippen LogP contribution in [0.2, 0.25) is 0 Å². The molecule has 0 atom stereocenters. The van der Waals surface area contributed by atoms with Crippen molar-refractivity contribution in [2.75, 3.05) is 79.3 Å². The third-order valence-corrected chi connectivity index (χ3v) is 2.96. The number of unbranched alkanes of at least 4 members (excludes halogenated alkanes) is 2. The highest BCUT2D eigenvalue weighted by Crippen LogP contribution is 1.93. The molecule has 0 radical (unpaired) electrons. The molecule has 0 unspecified atom stereocenters. The van der Waals surface area contributed by atoms with Gasteiger partial charge in [-0.3, -0.25) is 0 Å². The first-order chi connectivity index (χ1) is 11.4. The maximum Gasteiger partial charge on any atom is 0.0701 e. The van der Waals surface area contributed by atoms with Crippen molar-refractivity contribution in [1.82, 2.24) is 0 Å². The SMILES string of the molecule is CCCCCOCCOCCOCCOCCOCCOCC. The molecule has 0 N–H and O–H groups in total. The summed E-state index contributed by atoms with van der Waals surface area (Å²) in [5.41, 5.74) is 0. The molecule has 0 fully saturated rings. The molecular formula is C17H36O6. The molecule has 140 valence electrons. The van der Waals surface area contributed by atoms with Crippen molar-refractivity contribution in [3.8, 4) is 0 Å². The Bertz CT molecular complexity index is 184. The fourth-order valence-electron chi connectivity index (χ4n) is 1.70. The zero-order valence-electron chi connectivity index (χ0n) is 15.1. The van der Waals surface area contributed by atoms with Gasteiger partial charge in [0.15, 0.2) is 0 Å². The standard InChI is InChI=1S/C17H36O6/c1-3-5-6-7-19-10-11-21-14-15-23-17-16-22-13-12-20-9-8-18-4-2/h3-17H2,1-2H3. The Morgan fingerprint density at radius 1 is 0.391 bits per heavy atom. The number of hydrogen-bond donors (Lipinski definition) is 0. The molecule has 0 spiro atoms. The molecule has 0 aromatic rings. The summed E-state index contributed by atoms with van der Waals surface area (Å²) in [4.78, 5) is 0. The predicted molar refractivity (Wildman–Crippen MR) is 90.1 cm³/mol. The van der Waals surface area contributed by atoms with Crippen LogP contribution in [-0.4, -0.2) is 79.3 Å². The molecule has 0 aromatic carbocycles. The Labute approximate surface area is 141 Å². The zero-order valence-corrected chi connectivity index (χ0v) is 15.1. The molecule has 6 nitrogen and oxygen atoms in total. The van der Waals surface area contributed by atoms with Gasteiger partial charge < -0.3 is 28.4 Å². The summed E-state index contributed by atoms with van der Waals surface area (Å²) in [5, 5.41) is 0. The van der Waals surface area contributed by atoms with Crippen LogP contribution in [0.3, 0.4) is 0 Å². The van der Waals surface area contributed by atoms with Gasteiger partial charge in [0, 0.05) is 13.2 Å². The highest BCUT2D eigenvalue weighted by atomic mass is 16.6. The van der Waals surface area contributed by atoms with E-state index in [1.165, 1.54) is 12.8 Å². The minimum absolute atomic E-state index is 0.579. The highest BCUT2D eigenvalue weighted by molar-refractivity contribution is 4.38. The fraction of sp³-hybridized carbons (Fsp3) is 1.00. The maximum atomic E-state index is 5.44. The van der Waals surface area contributed by atoms with Crippen LogP contribution in [0.15, 0.2) is 0 Å². The second kappa shape index (κ2) is 21.8. The topological polar surface area (TPSA) is 55.4 Å². The lowest BCUT2D eigenvalue weighted by Crippen LogP contribution is -2.14. The van der Waals surface area contributed by atoms with Crippen molar-refractivity contribution in [3.05, 3.63) is 0 Å². The van der Waals surface area contributed by atoms with E-state index in [1.807, 2.05) is 6.92 Å². The third kappa shape index (κ3) is 21.8. The van der Waals surface area contributed by atoms with Gasteiger partial charge in [0.2, 0.25) is 0 Å². The molecular weight excluding hydrogens is 300 g/mol. The monoisotopic (exact) mass is 336 g/mol. The second-order valence-electron chi connectivity index (χ2n) is 4.97. The van der Waals surface area contributed by atoms with Crippen LogP contribution in [0.1, 0.15) is 33.1 Å². The summed E-state index contributed by atoms with van der Waals surface area (Å²) in [6.07, 6.45) is 3.59. The summed E-state index contributed by atoms with van der Waals surface area (Å²) >= 11 is 0. The smallest absolute Gasteiger partial charge is 0.0701 e. The molecule has 6 heteroatoms. The Kier molecular flexibility index (Phi) is 21.5. The van der Waals surface area contributed by atoms with E-state index in [1.54, 1.807) is 0 Å². The molecule has 0 rings (SSSR count). The van der Waals surface area contributed by atoms with Crippen LogP contribution < -0.4 is 0 Å². The van der Waals surface area contributed by atoms with Gasteiger partial charge in [-0.05, 0) is 13.3 Å². The molecule has 0 aromatic heterocycles. The van der Waals surface area contributed by atoms with Crippen molar-refractivity contribution in [2.24, 2.45) is 0 Å². The molecule has 0 saturated carbocycles. The van der Waals surface area contributed by atoms with Crippen LogP contribution in [0.5, 0.6) is 0 Å². The average Bonchev–Trinajstić information content (AvgIpc) is 2.57.